The minimum Gasteiger partial charge on any atom is -0.493 e. The van der Waals surface area contributed by atoms with Crippen LogP contribution in [-0.2, 0) is 13.0 Å². The van der Waals surface area contributed by atoms with E-state index in [1.807, 2.05) is 24.3 Å². The molecule has 0 aliphatic carbocycles. The molecule has 1 aromatic carbocycles. The second-order valence-corrected chi connectivity index (χ2v) is 4.56. The number of methoxy groups -OCH3 is 1. The zero-order valence-electron chi connectivity index (χ0n) is 12.0. The summed E-state index contributed by atoms with van der Waals surface area (Å²) >= 11 is 0. The molecule has 0 aliphatic heterocycles. The monoisotopic (exact) mass is 289 g/mol. The molecule has 112 valence electrons. The van der Waals surface area contributed by atoms with Crippen molar-refractivity contribution in [1.82, 2.24) is 14.8 Å². The highest BCUT2D eigenvalue weighted by molar-refractivity contribution is 5.43. The molecular weight excluding hydrogens is 270 g/mol. The maximum absolute atomic E-state index is 9.92. The van der Waals surface area contributed by atoms with E-state index in [-0.39, 0.29) is 6.61 Å². The number of rotatable bonds is 8. The lowest BCUT2D eigenvalue weighted by molar-refractivity contribution is 0.0878. The highest BCUT2D eigenvalue weighted by atomic mass is 16.5. The fourth-order valence-electron chi connectivity index (χ4n) is 1.91. The minimum atomic E-state index is -0.677. The van der Waals surface area contributed by atoms with Crippen molar-refractivity contribution in [3.8, 4) is 11.5 Å². The van der Waals surface area contributed by atoms with Gasteiger partial charge >= 0.3 is 0 Å². The van der Waals surface area contributed by atoms with Crippen LogP contribution in [0.4, 0.5) is 0 Å². The van der Waals surface area contributed by atoms with E-state index in [0.717, 1.165) is 12.0 Å². The first kappa shape index (κ1) is 15.1. The van der Waals surface area contributed by atoms with Gasteiger partial charge in [0.1, 0.15) is 25.4 Å². The first-order valence-corrected chi connectivity index (χ1v) is 6.64. The zero-order valence-corrected chi connectivity index (χ0v) is 12.0. The average Bonchev–Trinajstić information content (AvgIpc) is 2.99. The Balaban J connectivity index is 1.94. The maximum Gasteiger partial charge on any atom is 0.161 e. The maximum atomic E-state index is 9.92. The van der Waals surface area contributed by atoms with Gasteiger partial charge in [-0.25, -0.2) is 4.98 Å². The van der Waals surface area contributed by atoms with Crippen LogP contribution in [0, 0.1) is 0 Å². The van der Waals surface area contributed by atoms with E-state index in [9.17, 15) is 5.11 Å². The van der Waals surface area contributed by atoms with E-state index in [2.05, 4.69) is 16.7 Å². The molecule has 6 nitrogen and oxygen atoms in total. The predicted molar refractivity (Wildman–Crippen MR) is 78.4 cm³/mol. The summed E-state index contributed by atoms with van der Waals surface area (Å²) in [4.78, 5) is 3.82. The zero-order chi connectivity index (χ0) is 15.1. The summed E-state index contributed by atoms with van der Waals surface area (Å²) in [6, 6.07) is 5.68. The molecule has 0 aliphatic rings. The molecule has 0 saturated carbocycles. The van der Waals surface area contributed by atoms with Gasteiger partial charge in [-0.3, -0.25) is 4.68 Å². The van der Waals surface area contributed by atoms with Crippen LogP contribution in [0.3, 0.4) is 0 Å². The number of aliphatic hydroxyl groups excluding tert-OH is 1. The van der Waals surface area contributed by atoms with Crippen LogP contribution in [0.1, 0.15) is 5.56 Å². The van der Waals surface area contributed by atoms with Gasteiger partial charge in [0.15, 0.2) is 11.5 Å². The summed E-state index contributed by atoms with van der Waals surface area (Å²) in [6.07, 6.45) is 4.90. The van der Waals surface area contributed by atoms with Crippen molar-refractivity contribution in [2.24, 2.45) is 0 Å². The number of aromatic nitrogens is 3. The topological polar surface area (TPSA) is 69.4 Å². The van der Waals surface area contributed by atoms with Gasteiger partial charge in [0.2, 0.25) is 0 Å². The molecule has 6 heteroatoms. The number of hydrogen-bond acceptors (Lipinski definition) is 5. The molecule has 0 fully saturated rings. The molecule has 0 amide bonds. The van der Waals surface area contributed by atoms with Crippen molar-refractivity contribution >= 4 is 0 Å². The molecule has 2 rings (SSSR count). The molecular formula is C15H19N3O3. The molecule has 1 unspecified atom stereocenters. The molecule has 1 N–H and O–H groups in total. The Labute approximate surface area is 123 Å². The lowest BCUT2D eigenvalue weighted by Crippen LogP contribution is -2.24. The van der Waals surface area contributed by atoms with Gasteiger partial charge in [0.05, 0.1) is 13.7 Å². The van der Waals surface area contributed by atoms with Crippen LogP contribution < -0.4 is 9.47 Å². The van der Waals surface area contributed by atoms with Gasteiger partial charge in [0.25, 0.3) is 0 Å². The average molecular weight is 289 g/mol. The number of benzene rings is 1. The fraction of sp³-hybridized carbons (Fsp3) is 0.333. The quantitative estimate of drug-likeness (QED) is 0.745. The third kappa shape index (κ3) is 4.32. The highest BCUT2D eigenvalue weighted by Gasteiger charge is 2.10. The summed E-state index contributed by atoms with van der Waals surface area (Å²) in [5.41, 5.74) is 1.09. The Morgan fingerprint density at radius 2 is 2.29 bits per heavy atom. The molecule has 21 heavy (non-hydrogen) atoms. The van der Waals surface area contributed by atoms with Gasteiger partial charge in [-0.05, 0) is 24.1 Å². The standard InChI is InChI=1S/C15H19N3O3/c1-3-4-12-5-6-14(15(7-12)20-2)21-9-13(19)8-18-11-16-10-17-18/h3,5-7,10-11,13,19H,1,4,8-9H2,2H3. The normalized spacial score (nSPS) is 11.9. The predicted octanol–water partition coefficient (Wildman–Crippen LogP) is 1.46. The van der Waals surface area contributed by atoms with Crippen LogP contribution in [-0.4, -0.2) is 39.7 Å². The van der Waals surface area contributed by atoms with Crippen molar-refractivity contribution in [2.45, 2.75) is 19.1 Å². The Morgan fingerprint density at radius 1 is 1.43 bits per heavy atom. The van der Waals surface area contributed by atoms with Crippen LogP contribution in [0.5, 0.6) is 11.5 Å². The number of aliphatic hydroxyl groups is 1. The summed E-state index contributed by atoms with van der Waals surface area (Å²) < 4.78 is 12.5. The number of hydrogen-bond donors (Lipinski definition) is 1. The molecule has 0 spiro atoms. The first-order valence-electron chi connectivity index (χ1n) is 6.64. The summed E-state index contributed by atoms with van der Waals surface area (Å²) in [7, 11) is 1.59. The van der Waals surface area contributed by atoms with Crippen molar-refractivity contribution < 1.29 is 14.6 Å². The number of nitrogens with zero attached hydrogens (tertiary/aromatic N) is 3. The Morgan fingerprint density at radius 3 is 2.95 bits per heavy atom. The SMILES string of the molecule is C=CCc1ccc(OCC(O)Cn2cncn2)c(OC)c1. The second kappa shape index (κ2) is 7.44. The summed E-state index contributed by atoms with van der Waals surface area (Å²) in [5.74, 6) is 1.24. The Kier molecular flexibility index (Phi) is 5.34. The van der Waals surface area contributed by atoms with E-state index >= 15 is 0 Å². The number of allylic oxidation sites excluding steroid dienone is 1. The van der Waals surface area contributed by atoms with Crippen molar-refractivity contribution in [3.63, 3.8) is 0 Å². The third-order valence-corrected chi connectivity index (χ3v) is 2.90. The van der Waals surface area contributed by atoms with E-state index in [1.54, 1.807) is 18.1 Å². The lowest BCUT2D eigenvalue weighted by atomic mass is 10.1. The van der Waals surface area contributed by atoms with Gasteiger partial charge < -0.3 is 14.6 Å². The number of ether oxygens (including phenoxy) is 2. The molecule has 0 bridgehead atoms. The van der Waals surface area contributed by atoms with Crippen molar-refractivity contribution in [2.75, 3.05) is 13.7 Å². The van der Waals surface area contributed by atoms with Gasteiger partial charge in [-0.2, -0.15) is 5.10 Å². The van der Waals surface area contributed by atoms with Crippen LogP contribution >= 0.6 is 0 Å². The summed E-state index contributed by atoms with van der Waals surface area (Å²) in [5, 5.41) is 13.8. The van der Waals surface area contributed by atoms with Gasteiger partial charge in [-0.1, -0.05) is 12.1 Å². The van der Waals surface area contributed by atoms with Crippen molar-refractivity contribution in [1.29, 1.82) is 0 Å². The highest BCUT2D eigenvalue weighted by Crippen LogP contribution is 2.28. The van der Waals surface area contributed by atoms with E-state index in [0.29, 0.717) is 18.0 Å². The minimum absolute atomic E-state index is 0.150. The van der Waals surface area contributed by atoms with Gasteiger partial charge in [-0.15, -0.1) is 6.58 Å². The lowest BCUT2D eigenvalue weighted by Gasteiger charge is -2.15. The van der Waals surface area contributed by atoms with Crippen LogP contribution in [0.2, 0.25) is 0 Å². The first-order chi connectivity index (χ1) is 10.2. The molecule has 0 saturated heterocycles. The van der Waals surface area contributed by atoms with Gasteiger partial charge in [0, 0.05) is 0 Å². The second-order valence-electron chi connectivity index (χ2n) is 4.56. The van der Waals surface area contributed by atoms with E-state index in [4.69, 9.17) is 9.47 Å². The smallest absolute Gasteiger partial charge is 0.161 e. The molecule has 1 atom stereocenters. The Bertz CT molecular complexity index is 570. The molecule has 2 aromatic rings. The Hall–Kier alpha value is -2.34. The van der Waals surface area contributed by atoms with Crippen LogP contribution in [0.25, 0.3) is 0 Å². The van der Waals surface area contributed by atoms with E-state index < -0.39 is 6.10 Å². The van der Waals surface area contributed by atoms with Crippen LogP contribution in [0.15, 0.2) is 43.5 Å². The largest absolute Gasteiger partial charge is 0.493 e. The third-order valence-electron chi connectivity index (χ3n) is 2.90. The fourth-order valence-corrected chi connectivity index (χ4v) is 1.91. The summed E-state index contributed by atoms with van der Waals surface area (Å²) in [6.45, 7) is 4.19. The molecule has 1 heterocycles. The molecule has 0 radical (unpaired) electrons. The van der Waals surface area contributed by atoms with E-state index in [1.165, 1.54) is 6.33 Å². The van der Waals surface area contributed by atoms with Crippen molar-refractivity contribution in [3.05, 3.63) is 49.1 Å². The molecule has 1 aromatic heterocycles.